The Kier molecular flexibility index (Phi) is 10.1. The molecule has 2 atom stereocenters. The first-order chi connectivity index (χ1) is 14.2. The number of carbonyl (C=O) groups is 3. The van der Waals surface area contributed by atoms with Crippen molar-refractivity contribution in [2.45, 2.75) is 57.9 Å². The van der Waals surface area contributed by atoms with E-state index in [4.69, 9.17) is 23.2 Å². The zero-order chi connectivity index (χ0) is 22.1. The lowest BCUT2D eigenvalue weighted by Crippen LogP contribution is -2.49. The number of halogens is 2. The first-order valence-corrected chi connectivity index (χ1v) is 11.3. The Morgan fingerprint density at radius 2 is 1.83 bits per heavy atom. The molecule has 1 aliphatic rings. The fourth-order valence-corrected chi connectivity index (χ4v) is 4.22. The molecule has 166 valence electrons. The number of rotatable bonds is 10. The molecule has 1 unspecified atom stereocenters. The van der Waals surface area contributed by atoms with Crippen LogP contribution in [0.3, 0.4) is 0 Å². The molecule has 2 amide bonds. The summed E-state index contributed by atoms with van der Waals surface area (Å²) < 4.78 is 0. The second-order valence-corrected chi connectivity index (χ2v) is 8.98. The van der Waals surface area contributed by atoms with Crippen molar-refractivity contribution in [1.82, 2.24) is 10.2 Å². The fourth-order valence-electron chi connectivity index (χ4n) is 3.69. The predicted octanol–water partition coefficient (Wildman–Crippen LogP) is 4.30. The summed E-state index contributed by atoms with van der Waals surface area (Å²) in [4.78, 5) is 39.0. The molecule has 8 heteroatoms. The smallest absolute Gasteiger partial charge is 0.246 e. The molecule has 1 aromatic carbocycles. The maximum atomic E-state index is 12.9. The van der Waals surface area contributed by atoms with Crippen molar-refractivity contribution in [1.29, 1.82) is 0 Å². The third-order valence-corrected chi connectivity index (χ3v) is 5.72. The number of carbonyl (C=O) groups excluding carboxylic acids is 3. The molecule has 1 aromatic rings. The molecular formula is C22H31Cl2N3O3. The van der Waals surface area contributed by atoms with Crippen molar-refractivity contribution in [3.8, 4) is 0 Å². The van der Waals surface area contributed by atoms with Crippen LogP contribution in [0.15, 0.2) is 18.2 Å². The first kappa shape index (κ1) is 24.6. The average molecular weight is 456 g/mol. The topological polar surface area (TPSA) is 78.5 Å². The van der Waals surface area contributed by atoms with Gasteiger partial charge < -0.3 is 20.3 Å². The summed E-state index contributed by atoms with van der Waals surface area (Å²) in [6.07, 6.45) is 5.20. The Hall–Kier alpha value is -1.63. The van der Waals surface area contributed by atoms with Crippen LogP contribution in [0, 0.1) is 5.92 Å². The van der Waals surface area contributed by atoms with Gasteiger partial charge in [-0.05, 0) is 64.4 Å². The summed E-state index contributed by atoms with van der Waals surface area (Å²) >= 11 is 12.0. The number of hydrogen-bond donors (Lipinski definition) is 2. The second kappa shape index (κ2) is 12.3. The molecule has 1 saturated heterocycles. The monoisotopic (exact) mass is 455 g/mol. The molecule has 6 nitrogen and oxygen atoms in total. The summed E-state index contributed by atoms with van der Waals surface area (Å²) in [6.45, 7) is 3.26. The highest BCUT2D eigenvalue weighted by molar-refractivity contribution is 6.35. The molecule has 0 spiro atoms. The summed E-state index contributed by atoms with van der Waals surface area (Å²) in [5.41, 5.74) is 0.491. The highest BCUT2D eigenvalue weighted by Gasteiger charge is 2.28. The number of nitrogens with zero attached hydrogens (tertiary/aromatic N) is 1. The summed E-state index contributed by atoms with van der Waals surface area (Å²) in [7, 11) is 2.00. The van der Waals surface area contributed by atoms with Crippen LogP contribution in [-0.4, -0.2) is 48.7 Å². The number of unbranched alkanes of at least 4 members (excludes halogenated alkanes) is 2. The van der Waals surface area contributed by atoms with Gasteiger partial charge >= 0.3 is 0 Å². The number of ketones is 1. The van der Waals surface area contributed by atoms with E-state index < -0.39 is 6.04 Å². The molecule has 1 fully saturated rings. The van der Waals surface area contributed by atoms with Gasteiger partial charge in [0.15, 0.2) is 0 Å². The number of likely N-dealkylation sites (tertiary alicyclic amines) is 1. The number of benzene rings is 1. The van der Waals surface area contributed by atoms with Crippen LogP contribution < -0.4 is 10.6 Å². The van der Waals surface area contributed by atoms with E-state index >= 15 is 0 Å². The maximum absolute atomic E-state index is 12.9. The van der Waals surface area contributed by atoms with Crippen LogP contribution in [-0.2, 0) is 14.4 Å². The van der Waals surface area contributed by atoms with Gasteiger partial charge in [-0.2, -0.15) is 0 Å². The Morgan fingerprint density at radius 3 is 2.47 bits per heavy atom. The lowest BCUT2D eigenvalue weighted by molar-refractivity contribution is -0.130. The largest absolute Gasteiger partial charge is 0.344 e. The number of hydrogen-bond acceptors (Lipinski definition) is 4. The molecule has 2 rings (SSSR count). The van der Waals surface area contributed by atoms with Crippen molar-refractivity contribution < 1.29 is 14.4 Å². The van der Waals surface area contributed by atoms with Crippen molar-refractivity contribution in [2.24, 2.45) is 5.92 Å². The van der Waals surface area contributed by atoms with Gasteiger partial charge in [-0.1, -0.05) is 36.0 Å². The molecule has 0 bridgehead atoms. The van der Waals surface area contributed by atoms with Crippen molar-refractivity contribution in [3.63, 3.8) is 0 Å². The first-order valence-electron chi connectivity index (χ1n) is 10.5. The Morgan fingerprint density at radius 1 is 1.13 bits per heavy atom. The van der Waals surface area contributed by atoms with Crippen LogP contribution in [0.1, 0.15) is 51.9 Å². The zero-order valence-electron chi connectivity index (χ0n) is 17.7. The van der Waals surface area contributed by atoms with E-state index in [2.05, 4.69) is 15.5 Å². The Bertz CT molecular complexity index is 737. The minimum absolute atomic E-state index is 0.0884. The summed E-state index contributed by atoms with van der Waals surface area (Å²) in [6, 6.07) is 4.17. The average Bonchev–Trinajstić information content (AvgIpc) is 2.65. The van der Waals surface area contributed by atoms with E-state index in [1.54, 1.807) is 25.1 Å². The van der Waals surface area contributed by atoms with Gasteiger partial charge in [-0.15, -0.1) is 0 Å². The van der Waals surface area contributed by atoms with Crippen molar-refractivity contribution in [3.05, 3.63) is 28.2 Å². The Balaban J connectivity index is 2.00. The lowest BCUT2D eigenvalue weighted by Gasteiger charge is -2.30. The minimum Gasteiger partial charge on any atom is -0.344 e. The van der Waals surface area contributed by atoms with Gasteiger partial charge in [-0.25, -0.2) is 0 Å². The fraction of sp³-hybridized carbons (Fsp3) is 0.591. The maximum Gasteiger partial charge on any atom is 0.246 e. The second-order valence-electron chi connectivity index (χ2n) is 8.11. The van der Waals surface area contributed by atoms with E-state index in [0.717, 1.165) is 38.6 Å². The zero-order valence-corrected chi connectivity index (χ0v) is 19.2. The molecule has 1 heterocycles. The van der Waals surface area contributed by atoms with E-state index in [9.17, 15) is 14.4 Å². The molecule has 0 aromatic heterocycles. The van der Waals surface area contributed by atoms with Crippen LogP contribution >= 0.6 is 23.2 Å². The van der Waals surface area contributed by atoms with E-state index in [0.29, 0.717) is 35.1 Å². The van der Waals surface area contributed by atoms with E-state index in [1.165, 1.54) is 0 Å². The number of anilines is 1. The highest BCUT2D eigenvalue weighted by Crippen LogP contribution is 2.23. The van der Waals surface area contributed by atoms with Crippen LogP contribution in [0.5, 0.6) is 0 Å². The molecule has 0 aliphatic carbocycles. The van der Waals surface area contributed by atoms with Gasteiger partial charge in [0, 0.05) is 28.7 Å². The number of nitrogens with one attached hydrogen (secondary N) is 2. The quantitative estimate of drug-likeness (QED) is 0.515. The minimum atomic E-state index is -0.653. The van der Waals surface area contributed by atoms with Gasteiger partial charge in [0.05, 0.1) is 5.92 Å². The normalized spacial score (nSPS) is 17.9. The number of amides is 2. The summed E-state index contributed by atoms with van der Waals surface area (Å²) in [5.74, 6) is -0.332. The standard InChI is InChI=1S/C22H31Cl2N3O3/c1-15(28)7-4-3-5-9-20(26-21(29)16-8-6-10-27(2)14-16)22(30)25-19-12-17(23)11-18(24)13-19/h11-13,16,20H,3-10,14H2,1-2H3,(H,25,30)(H,26,29)/t16?,20-/m0/s1. The molecule has 30 heavy (non-hydrogen) atoms. The summed E-state index contributed by atoms with van der Waals surface area (Å²) in [5, 5.41) is 6.61. The van der Waals surface area contributed by atoms with E-state index in [-0.39, 0.29) is 23.5 Å². The third-order valence-electron chi connectivity index (χ3n) is 5.28. The third kappa shape index (κ3) is 8.62. The molecule has 0 saturated carbocycles. The predicted molar refractivity (Wildman–Crippen MR) is 121 cm³/mol. The Labute approximate surface area is 188 Å². The van der Waals surface area contributed by atoms with Gasteiger partial charge in [0.1, 0.15) is 11.8 Å². The molecule has 0 radical (unpaired) electrons. The number of Topliss-reactive ketones (excluding diaryl/α,β-unsaturated/α-hetero) is 1. The van der Waals surface area contributed by atoms with Crippen LogP contribution in [0.2, 0.25) is 10.0 Å². The highest BCUT2D eigenvalue weighted by atomic mass is 35.5. The van der Waals surface area contributed by atoms with Crippen LogP contribution in [0.4, 0.5) is 5.69 Å². The van der Waals surface area contributed by atoms with Crippen molar-refractivity contribution in [2.75, 3.05) is 25.5 Å². The van der Waals surface area contributed by atoms with Gasteiger partial charge in [0.2, 0.25) is 11.8 Å². The lowest BCUT2D eigenvalue weighted by atomic mass is 9.96. The number of piperidine rings is 1. The SMILES string of the molecule is CC(=O)CCCCC[C@H](NC(=O)C1CCCN(C)C1)C(=O)Nc1cc(Cl)cc(Cl)c1. The van der Waals surface area contributed by atoms with Crippen molar-refractivity contribution >= 4 is 46.5 Å². The van der Waals surface area contributed by atoms with Crippen LogP contribution in [0.25, 0.3) is 0 Å². The van der Waals surface area contributed by atoms with Gasteiger partial charge in [-0.3, -0.25) is 9.59 Å². The van der Waals surface area contributed by atoms with Gasteiger partial charge in [0.25, 0.3) is 0 Å². The molecule has 1 aliphatic heterocycles. The molecule has 2 N–H and O–H groups in total. The molecular weight excluding hydrogens is 425 g/mol. The van der Waals surface area contributed by atoms with E-state index in [1.807, 2.05) is 7.05 Å².